The van der Waals surface area contributed by atoms with Gasteiger partial charge in [-0.2, -0.15) is 0 Å². The lowest BCUT2D eigenvalue weighted by Crippen LogP contribution is -2.01. The van der Waals surface area contributed by atoms with Gasteiger partial charge in [0.15, 0.2) is 17.5 Å². The van der Waals surface area contributed by atoms with E-state index in [1.807, 2.05) is 60.7 Å². The van der Waals surface area contributed by atoms with E-state index in [0.29, 0.717) is 17.5 Å². The summed E-state index contributed by atoms with van der Waals surface area (Å²) in [6.07, 6.45) is 0. The molecule has 12 rings (SSSR count). The first-order valence-corrected chi connectivity index (χ1v) is 19.1. The second-order valence-corrected chi connectivity index (χ2v) is 14.4. The van der Waals surface area contributed by atoms with Crippen LogP contribution in [-0.2, 0) is 0 Å². The van der Waals surface area contributed by atoms with Crippen molar-refractivity contribution in [2.75, 3.05) is 0 Å². The van der Waals surface area contributed by atoms with Crippen molar-refractivity contribution in [2.24, 2.45) is 0 Å². The van der Waals surface area contributed by atoms with Crippen LogP contribution in [0.3, 0.4) is 0 Å². The minimum Gasteiger partial charge on any atom is -0.456 e. The summed E-state index contributed by atoms with van der Waals surface area (Å²) in [6, 6.07) is 65.6. The molecule has 0 amide bonds. The van der Waals surface area contributed by atoms with Gasteiger partial charge in [0.05, 0.1) is 22.1 Å². The minimum absolute atomic E-state index is 0.592. The van der Waals surface area contributed by atoms with Gasteiger partial charge in [0.25, 0.3) is 0 Å². The maximum absolute atomic E-state index is 6.27. The fourth-order valence-corrected chi connectivity index (χ4v) is 8.65. The van der Waals surface area contributed by atoms with Crippen molar-refractivity contribution in [2.45, 2.75) is 0 Å². The molecule has 0 atom stereocenters. The lowest BCUT2D eigenvalue weighted by Gasteiger charge is -2.12. The monoisotopic (exact) mass is 729 g/mol. The van der Waals surface area contributed by atoms with Crippen LogP contribution in [0.4, 0.5) is 0 Å². The summed E-state index contributed by atoms with van der Waals surface area (Å²) in [7, 11) is 0. The van der Waals surface area contributed by atoms with Crippen LogP contribution in [-0.4, -0.2) is 24.1 Å². The summed E-state index contributed by atoms with van der Waals surface area (Å²) in [4.78, 5) is 15.4. The third-order valence-electron chi connectivity index (χ3n) is 11.2. The van der Waals surface area contributed by atoms with Crippen LogP contribution in [0.5, 0.6) is 0 Å². The van der Waals surface area contributed by atoms with Crippen LogP contribution < -0.4 is 0 Å². The molecule has 4 aromatic heterocycles. The Morgan fingerprint density at radius 3 is 1.60 bits per heavy atom. The topological polar surface area (TPSA) is 61.7 Å². The van der Waals surface area contributed by atoms with Gasteiger partial charge in [-0.25, -0.2) is 15.0 Å². The van der Waals surface area contributed by atoms with E-state index in [2.05, 4.69) is 137 Å². The summed E-state index contributed by atoms with van der Waals surface area (Å²) >= 11 is 0. The van der Waals surface area contributed by atoms with E-state index in [-0.39, 0.29) is 0 Å². The Bertz CT molecular complexity index is 3520. The molecule has 6 heteroatoms. The van der Waals surface area contributed by atoms with Crippen molar-refractivity contribution >= 4 is 65.6 Å². The number of benzene rings is 8. The average molecular weight is 730 g/mol. The molecular formula is C51H31N5O. The summed E-state index contributed by atoms with van der Waals surface area (Å²) in [5.74, 6) is 1.80. The number of furan rings is 1. The molecule has 6 nitrogen and oxygen atoms in total. The van der Waals surface area contributed by atoms with Gasteiger partial charge in [-0.3, -0.25) is 0 Å². The molecule has 4 heterocycles. The first kappa shape index (κ1) is 31.5. The van der Waals surface area contributed by atoms with E-state index < -0.39 is 0 Å². The first-order chi connectivity index (χ1) is 28.3. The molecule has 0 saturated heterocycles. The zero-order chi connectivity index (χ0) is 37.5. The highest BCUT2D eigenvalue weighted by atomic mass is 16.3. The molecule has 0 aliphatic carbocycles. The van der Waals surface area contributed by atoms with E-state index in [0.717, 1.165) is 66.6 Å². The molecule has 0 N–H and O–H groups in total. The van der Waals surface area contributed by atoms with Crippen molar-refractivity contribution in [3.05, 3.63) is 188 Å². The number of nitrogens with zero attached hydrogens (tertiary/aromatic N) is 5. The van der Waals surface area contributed by atoms with E-state index in [1.54, 1.807) is 0 Å². The van der Waals surface area contributed by atoms with Crippen LogP contribution in [0.1, 0.15) is 0 Å². The maximum atomic E-state index is 6.27. The highest BCUT2D eigenvalue weighted by Crippen LogP contribution is 2.41. The number of aromatic nitrogens is 5. The number of fused-ring (bicyclic) bond motifs is 9. The predicted molar refractivity (Wildman–Crippen MR) is 232 cm³/mol. The molecule has 0 radical (unpaired) electrons. The van der Waals surface area contributed by atoms with E-state index in [9.17, 15) is 0 Å². The summed E-state index contributed by atoms with van der Waals surface area (Å²) < 4.78 is 11.0. The molecule has 57 heavy (non-hydrogen) atoms. The van der Waals surface area contributed by atoms with Crippen LogP contribution in [0.25, 0.3) is 111 Å². The van der Waals surface area contributed by atoms with Gasteiger partial charge in [0, 0.05) is 60.4 Å². The van der Waals surface area contributed by atoms with Crippen LogP contribution in [0.15, 0.2) is 192 Å². The first-order valence-electron chi connectivity index (χ1n) is 19.1. The maximum Gasteiger partial charge on any atom is 0.164 e. The second-order valence-electron chi connectivity index (χ2n) is 14.4. The molecule has 266 valence electrons. The van der Waals surface area contributed by atoms with E-state index in [1.165, 1.54) is 27.1 Å². The SMILES string of the molecule is c1ccc(-c2nc(-c3cccc(-n4c5ccccc5c5cc6c7ccccc7n(-c7ccccc7)c6cc54)c3)nc(-c3cccc4oc5ccccc5c34)n2)cc1. The molecule has 0 spiro atoms. The standard InChI is InChI=1S/C51H31N5O/c1-3-15-32(16-4-1)49-52-50(54-51(53-49)39-24-14-28-47-48(39)38-23-9-12-27-46(38)57-47)33-17-13-20-35(29-33)56-43-26-11-8-22-37(43)41-30-40-36-21-7-10-25-42(36)55(44(40)31-45(41)56)34-18-5-2-6-19-34/h1-31H. The predicted octanol–water partition coefficient (Wildman–Crippen LogP) is 13.0. The quantitative estimate of drug-likeness (QED) is 0.177. The van der Waals surface area contributed by atoms with Crippen molar-refractivity contribution in [3.63, 3.8) is 0 Å². The normalized spacial score (nSPS) is 11.9. The molecule has 8 aromatic carbocycles. The van der Waals surface area contributed by atoms with Crippen molar-refractivity contribution < 1.29 is 4.42 Å². The molecule has 0 saturated carbocycles. The molecule has 0 unspecified atom stereocenters. The Morgan fingerprint density at radius 1 is 0.333 bits per heavy atom. The van der Waals surface area contributed by atoms with Gasteiger partial charge in [-0.15, -0.1) is 0 Å². The summed E-state index contributed by atoms with van der Waals surface area (Å²) in [5.41, 5.74) is 11.1. The summed E-state index contributed by atoms with van der Waals surface area (Å²) in [5, 5.41) is 6.88. The van der Waals surface area contributed by atoms with Gasteiger partial charge in [-0.05, 0) is 60.7 Å². The Morgan fingerprint density at radius 2 is 0.860 bits per heavy atom. The number of rotatable bonds is 5. The Balaban J connectivity index is 1.10. The van der Waals surface area contributed by atoms with Gasteiger partial charge >= 0.3 is 0 Å². The Kier molecular flexibility index (Phi) is 6.83. The Labute approximate surface area is 326 Å². The third kappa shape index (κ3) is 4.87. The van der Waals surface area contributed by atoms with Gasteiger partial charge in [-0.1, -0.05) is 127 Å². The smallest absolute Gasteiger partial charge is 0.164 e. The molecule has 12 aromatic rings. The van der Waals surface area contributed by atoms with Crippen molar-refractivity contribution in [1.82, 2.24) is 24.1 Å². The number of hydrogen-bond acceptors (Lipinski definition) is 4. The molecule has 0 aliphatic heterocycles. The van der Waals surface area contributed by atoms with E-state index >= 15 is 0 Å². The van der Waals surface area contributed by atoms with Gasteiger partial charge in [0.1, 0.15) is 11.2 Å². The van der Waals surface area contributed by atoms with Gasteiger partial charge in [0.2, 0.25) is 0 Å². The number of hydrogen-bond donors (Lipinski definition) is 0. The lowest BCUT2D eigenvalue weighted by molar-refractivity contribution is 0.669. The minimum atomic E-state index is 0.592. The highest BCUT2D eigenvalue weighted by Gasteiger charge is 2.21. The zero-order valence-corrected chi connectivity index (χ0v) is 30.5. The number of para-hydroxylation sites is 4. The van der Waals surface area contributed by atoms with Crippen molar-refractivity contribution in [1.29, 1.82) is 0 Å². The van der Waals surface area contributed by atoms with Crippen LogP contribution in [0, 0.1) is 0 Å². The molecular weight excluding hydrogens is 699 g/mol. The van der Waals surface area contributed by atoms with Crippen molar-refractivity contribution in [3.8, 4) is 45.5 Å². The van der Waals surface area contributed by atoms with Crippen LogP contribution in [0.2, 0.25) is 0 Å². The second kappa shape index (κ2) is 12.3. The fourth-order valence-electron chi connectivity index (χ4n) is 8.65. The average Bonchev–Trinajstić information content (AvgIpc) is 3.93. The molecule has 0 bridgehead atoms. The lowest BCUT2D eigenvalue weighted by atomic mass is 10.1. The van der Waals surface area contributed by atoms with E-state index in [4.69, 9.17) is 19.4 Å². The third-order valence-corrected chi connectivity index (χ3v) is 11.2. The largest absolute Gasteiger partial charge is 0.456 e. The zero-order valence-electron chi connectivity index (χ0n) is 30.5. The molecule has 0 aliphatic rings. The summed E-state index contributed by atoms with van der Waals surface area (Å²) in [6.45, 7) is 0. The fraction of sp³-hybridized carbons (Fsp3) is 0. The highest BCUT2D eigenvalue weighted by molar-refractivity contribution is 6.19. The van der Waals surface area contributed by atoms with Gasteiger partial charge < -0.3 is 13.6 Å². The van der Waals surface area contributed by atoms with Crippen LogP contribution >= 0.6 is 0 Å². The Hall–Kier alpha value is -7.83. The molecule has 0 fully saturated rings.